The van der Waals surface area contributed by atoms with Crippen molar-refractivity contribution in [3.05, 3.63) is 35.9 Å². The van der Waals surface area contributed by atoms with Gasteiger partial charge in [-0.2, -0.15) is 11.8 Å². The highest BCUT2D eigenvalue weighted by molar-refractivity contribution is 7.99. The summed E-state index contributed by atoms with van der Waals surface area (Å²) in [7, 11) is 0. The van der Waals surface area contributed by atoms with Crippen LogP contribution in [0.2, 0.25) is 0 Å². The third-order valence-corrected chi connectivity index (χ3v) is 4.28. The maximum atomic E-state index is 12.3. The fourth-order valence-electron chi connectivity index (χ4n) is 2.20. The van der Waals surface area contributed by atoms with Crippen LogP contribution >= 0.6 is 11.8 Å². The molecule has 1 aromatic rings. The van der Waals surface area contributed by atoms with Crippen LogP contribution in [0.5, 0.6) is 0 Å². The van der Waals surface area contributed by atoms with Crippen LogP contribution in [0.4, 0.5) is 0 Å². The van der Waals surface area contributed by atoms with Gasteiger partial charge in [-0.25, -0.2) is 0 Å². The Morgan fingerprint density at radius 3 is 2.80 bits per heavy atom. The summed E-state index contributed by atoms with van der Waals surface area (Å²) in [5.74, 6) is 1.46. The quantitative estimate of drug-likeness (QED) is 0.841. The number of hydrogen-bond donors (Lipinski definition) is 2. The predicted octanol–water partition coefficient (Wildman–Crippen LogP) is 0.378. The molecule has 1 aliphatic rings. The highest BCUT2D eigenvalue weighted by atomic mass is 32.2. The third-order valence-electron chi connectivity index (χ3n) is 3.26. The van der Waals surface area contributed by atoms with E-state index in [2.05, 4.69) is 5.32 Å². The molecule has 3 N–H and O–H groups in total. The van der Waals surface area contributed by atoms with Crippen LogP contribution in [0.15, 0.2) is 30.3 Å². The summed E-state index contributed by atoms with van der Waals surface area (Å²) in [5.41, 5.74) is 6.35. The Morgan fingerprint density at radius 1 is 1.35 bits per heavy atom. The molecule has 0 bridgehead atoms. The molecule has 1 unspecified atom stereocenters. The van der Waals surface area contributed by atoms with E-state index in [4.69, 9.17) is 5.73 Å². The van der Waals surface area contributed by atoms with Crippen LogP contribution < -0.4 is 11.1 Å². The molecule has 108 valence electrons. The van der Waals surface area contributed by atoms with Gasteiger partial charge < -0.3 is 16.0 Å². The average molecular weight is 293 g/mol. The van der Waals surface area contributed by atoms with Crippen LogP contribution in [0.3, 0.4) is 0 Å². The number of carbonyl (C=O) groups excluding carboxylic acids is 2. The minimum absolute atomic E-state index is 0.0179. The first-order valence-electron chi connectivity index (χ1n) is 6.61. The molecule has 1 saturated heterocycles. The zero-order valence-corrected chi connectivity index (χ0v) is 12.1. The molecule has 0 spiro atoms. The Bertz CT molecular complexity index is 467. The zero-order valence-electron chi connectivity index (χ0n) is 11.2. The molecule has 2 amide bonds. The van der Waals surface area contributed by atoms with Crippen molar-refractivity contribution in [3.8, 4) is 0 Å². The number of nitrogens with two attached hydrogens (primary N) is 1. The molecular formula is C14H19N3O2S. The first-order valence-corrected chi connectivity index (χ1v) is 7.76. The average Bonchev–Trinajstić information content (AvgIpc) is 2.53. The van der Waals surface area contributed by atoms with E-state index in [1.807, 2.05) is 47.0 Å². The SMILES string of the molecule is NCC(=O)NCC(=O)N1CCSCC1c1ccccc1. The molecular weight excluding hydrogens is 274 g/mol. The highest BCUT2D eigenvalue weighted by Gasteiger charge is 2.28. The summed E-state index contributed by atoms with van der Waals surface area (Å²) >= 11 is 1.85. The lowest BCUT2D eigenvalue weighted by Crippen LogP contribution is -2.46. The minimum Gasteiger partial charge on any atom is -0.346 e. The number of thioether (sulfide) groups is 1. The van der Waals surface area contributed by atoms with E-state index in [-0.39, 0.29) is 30.9 Å². The Balaban J connectivity index is 2.03. The van der Waals surface area contributed by atoms with E-state index in [9.17, 15) is 9.59 Å². The van der Waals surface area contributed by atoms with Gasteiger partial charge in [0.2, 0.25) is 11.8 Å². The number of nitrogens with one attached hydrogen (secondary N) is 1. The number of benzene rings is 1. The van der Waals surface area contributed by atoms with Crippen molar-refractivity contribution in [1.29, 1.82) is 0 Å². The molecule has 20 heavy (non-hydrogen) atoms. The summed E-state index contributed by atoms with van der Waals surface area (Å²) in [6.45, 7) is 0.636. The lowest BCUT2D eigenvalue weighted by molar-refractivity contribution is -0.134. The second-order valence-electron chi connectivity index (χ2n) is 4.57. The van der Waals surface area contributed by atoms with Crippen molar-refractivity contribution in [3.63, 3.8) is 0 Å². The van der Waals surface area contributed by atoms with Gasteiger partial charge >= 0.3 is 0 Å². The Morgan fingerprint density at radius 2 is 2.10 bits per heavy atom. The predicted molar refractivity (Wildman–Crippen MR) is 80.3 cm³/mol. The number of amides is 2. The molecule has 1 aromatic carbocycles. The third kappa shape index (κ3) is 3.74. The van der Waals surface area contributed by atoms with Crippen LogP contribution in [-0.2, 0) is 9.59 Å². The largest absolute Gasteiger partial charge is 0.346 e. The van der Waals surface area contributed by atoms with Crippen molar-refractivity contribution >= 4 is 23.6 Å². The van der Waals surface area contributed by atoms with Crippen molar-refractivity contribution < 1.29 is 9.59 Å². The van der Waals surface area contributed by atoms with Crippen molar-refractivity contribution in [2.45, 2.75) is 6.04 Å². The fourth-order valence-corrected chi connectivity index (χ4v) is 3.29. The van der Waals surface area contributed by atoms with Gasteiger partial charge in [0.15, 0.2) is 0 Å². The molecule has 2 rings (SSSR count). The molecule has 6 heteroatoms. The topological polar surface area (TPSA) is 75.4 Å². The van der Waals surface area contributed by atoms with E-state index in [0.29, 0.717) is 6.54 Å². The van der Waals surface area contributed by atoms with Gasteiger partial charge in [0.1, 0.15) is 0 Å². The van der Waals surface area contributed by atoms with Gasteiger partial charge in [0.25, 0.3) is 0 Å². The molecule has 1 fully saturated rings. The number of nitrogens with zero attached hydrogens (tertiary/aromatic N) is 1. The normalized spacial score (nSPS) is 18.6. The monoisotopic (exact) mass is 293 g/mol. The number of hydrogen-bond acceptors (Lipinski definition) is 4. The first kappa shape index (κ1) is 14.9. The zero-order chi connectivity index (χ0) is 14.4. The van der Waals surface area contributed by atoms with Gasteiger partial charge in [-0.3, -0.25) is 9.59 Å². The molecule has 0 radical (unpaired) electrons. The second kappa shape index (κ2) is 7.31. The highest BCUT2D eigenvalue weighted by Crippen LogP contribution is 2.29. The molecule has 1 atom stereocenters. The standard InChI is InChI=1S/C14H19N3O2S/c15-8-13(18)16-9-14(19)17-6-7-20-10-12(17)11-4-2-1-3-5-11/h1-5,12H,6-10,15H2,(H,16,18). The summed E-state index contributed by atoms with van der Waals surface area (Å²) in [5, 5.41) is 2.54. The second-order valence-corrected chi connectivity index (χ2v) is 5.72. The lowest BCUT2D eigenvalue weighted by atomic mass is 10.1. The van der Waals surface area contributed by atoms with Crippen molar-refractivity contribution in [1.82, 2.24) is 10.2 Å². The first-order chi connectivity index (χ1) is 9.72. The fraction of sp³-hybridized carbons (Fsp3) is 0.429. The Kier molecular flexibility index (Phi) is 5.43. The molecule has 0 saturated carbocycles. The van der Waals surface area contributed by atoms with Crippen molar-refractivity contribution in [2.24, 2.45) is 5.73 Å². The van der Waals surface area contributed by atoms with E-state index >= 15 is 0 Å². The van der Waals surface area contributed by atoms with Crippen LogP contribution in [0.1, 0.15) is 11.6 Å². The van der Waals surface area contributed by atoms with Crippen LogP contribution in [0, 0.1) is 0 Å². The van der Waals surface area contributed by atoms with Gasteiger partial charge in [-0.1, -0.05) is 30.3 Å². The van der Waals surface area contributed by atoms with Gasteiger partial charge in [-0.15, -0.1) is 0 Å². The van der Waals surface area contributed by atoms with E-state index in [1.54, 1.807) is 0 Å². The van der Waals surface area contributed by atoms with E-state index in [1.165, 1.54) is 0 Å². The maximum Gasteiger partial charge on any atom is 0.242 e. The smallest absolute Gasteiger partial charge is 0.242 e. The maximum absolute atomic E-state index is 12.3. The van der Waals surface area contributed by atoms with E-state index < -0.39 is 0 Å². The van der Waals surface area contributed by atoms with Crippen LogP contribution in [0.25, 0.3) is 0 Å². The van der Waals surface area contributed by atoms with Gasteiger partial charge in [-0.05, 0) is 5.56 Å². The van der Waals surface area contributed by atoms with Crippen LogP contribution in [-0.4, -0.2) is 47.9 Å². The molecule has 0 aromatic heterocycles. The van der Waals surface area contributed by atoms with E-state index in [0.717, 1.165) is 17.1 Å². The lowest BCUT2D eigenvalue weighted by Gasteiger charge is -2.35. The molecule has 1 aliphatic heterocycles. The molecule has 5 nitrogen and oxygen atoms in total. The van der Waals surface area contributed by atoms with Gasteiger partial charge in [0, 0.05) is 18.1 Å². The Labute approximate surface area is 122 Å². The minimum atomic E-state index is -0.305. The summed E-state index contributed by atoms with van der Waals surface area (Å²) in [4.78, 5) is 25.3. The van der Waals surface area contributed by atoms with Crippen molar-refractivity contribution in [2.75, 3.05) is 31.1 Å². The van der Waals surface area contributed by atoms with Gasteiger partial charge in [0.05, 0.1) is 19.1 Å². The summed E-state index contributed by atoms with van der Waals surface area (Å²) in [6, 6.07) is 10.1. The number of rotatable bonds is 4. The Hall–Kier alpha value is -1.53. The molecule has 1 heterocycles. The summed E-state index contributed by atoms with van der Waals surface area (Å²) in [6.07, 6.45) is 0. The molecule has 0 aliphatic carbocycles. The summed E-state index contributed by atoms with van der Waals surface area (Å²) < 4.78 is 0. The number of carbonyl (C=O) groups is 2.